The fourth-order valence-electron chi connectivity index (χ4n) is 8.98. The van der Waals surface area contributed by atoms with Gasteiger partial charge in [0, 0.05) is 12.8 Å². The van der Waals surface area contributed by atoms with Gasteiger partial charge in [-0.25, -0.2) is 0 Å². The van der Waals surface area contributed by atoms with Crippen molar-refractivity contribution in [2.45, 2.75) is 309 Å². The first-order valence-electron chi connectivity index (χ1n) is 30.5. The van der Waals surface area contributed by atoms with Gasteiger partial charge in [-0.15, -0.1) is 0 Å². The van der Waals surface area contributed by atoms with Gasteiger partial charge >= 0.3 is 11.9 Å². The molecule has 0 aromatic heterocycles. The number of carbonyl (C=O) groups excluding carboxylic acids is 3. The van der Waals surface area contributed by atoms with Crippen molar-refractivity contribution in [3.05, 3.63) is 24.3 Å². The normalized spacial score (nSPS) is 12.9. The molecule has 0 aromatic rings. The topological polar surface area (TPSA) is 111 Å². The van der Waals surface area contributed by atoms with Gasteiger partial charge in [-0.3, -0.25) is 9.59 Å². The number of hydrogen-bond acceptors (Lipinski definition) is 8. The van der Waals surface area contributed by atoms with E-state index in [4.69, 9.17) is 18.9 Å². The number of esters is 2. The second-order valence-corrected chi connectivity index (χ2v) is 22.0. The number of allylic oxidation sites excluding steroid dienone is 4. The minimum atomic E-state index is -1.62. The van der Waals surface area contributed by atoms with Crippen LogP contribution >= 0.6 is 0 Å². The summed E-state index contributed by atoms with van der Waals surface area (Å²) in [5.41, 5.74) is 0. The Hall–Kier alpha value is -2.23. The van der Waals surface area contributed by atoms with Crippen LogP contribution in [0.4, 0.5) is 0 Å². The molecule has 0 N–H and O–H groups in total. The molecule has 0 fully saturated rings. The van der Waals surface area contributed by atoms with E-state index in [0.29, 0.717) is 23.9 Å². The Kier molecular flexibility index (Phi) is 52.3. The number of unbranched alkanes of at least 4 members (excludes halogenated alkanes) is 38. The standard InChI is InChI=1S/C62H117NO8/c1-6-8-10-12-14-16-18-20-22-24-26-28-29-30-31-33-34-36-38-40-42-44-46-48-50-52-59(64)69-56-58(57-70-62(61(66)67)68-55-54-63(3,4)5)71-60(65)53-51-49-47-45-43-41-39-37-35-32-27-25-23-21-19-17-15-13-11-9-7-2/h19,21,25,27,58,62H,6-18,20,22-24,26,28-57H2,1-5H3/b21-19-,27-25-. The predicted molar refractivity (Wildman–Crippen MR) is 297 cm³/mol. The van der Waals surface area contributed by atoms with Gasteiger partial charge in [0.1, 0.15) is 13.2 Å². The maximum atomic E-state index is 12.9. The highest BCUT2D eigenvalue weighted by Crippen LogP contribution is 2.18. The number of rotatable bonds is 57. The van der Waals surface area contributed by atoms with Crippen LogP contribution in [0.3, 0.4) is 0 Å². The van der Waals surface area contributed by atoms with Crippen molar-refractivity contribution in [3.63, 3.8) is 0 Å². The van der Waals surface area contributed by atoms with E-state index in [1.807, 2.05) is 21.1 Å². The first kappa shape index (κ1) is 68.8. The molecule has 0 radical (unpaired) electrons. The van der Waals surface area contributed by atoms with Crippen molar-refractivity contribution in [1.82, 2.24) is 0 Å². The molecule has 9 nitrogen and oxygen atoms in total. The monoisotopic (exact) mass is 1000 g/mol. The van der Waals surface area contributed by atoms with Crippen molar-refractivity contribution < 1.29 is 42.9 Å². The number of likely N-dealkylation sites (N-methyl/N-ethyl adjacent to an activating group) is 1. The molecule has 418 valence electrons. The molecule has 0 bridgehead atoms. The maximum Gasteiger partial charge on any atom is 0.306 e. The number of quaternary nitrogens is 1. The molecular weight excluding hydrogens is 887 g/mol. The lowest BCUT2D eigenvalue weighted by Crippen LogP contribution is -2.44. The summed E-state index contributed by atoms with van der Waals surface area (Å²) in [5.74, 6) is -2.27. The molecule has 9 heteroatoms. The van der Waals surface area contributed by atoms with Crippen LogP contribution in [-0.4, -0.2) is 82.3 Å². The Balaban J connectivity index is 4.18. The van der Waals surface area contributed by atoms with Gasteiger partial charge in [0.2, 0.25) is 0 Å². The average Bonchev–Trinajstić information content (AvgIpc) is 3.34. The lowest BCUT2D eigenvalue weighted by atomic mass is 10.0. The number of hydrogen-bond donors (Lipinski definition) is 0. The van der Waals surface area contributed by atoms with Crippen molar-refractivity contribution in [2.75, 3.05) is 47.5 Å². The first-order valence-corrected chi connectivity index (χ1v) is 30.5. The van der Waals surface area contributed by atoms with E-state index in [9.17, 15) is 19.5 Å². The van der Waals surface area contributed by atoms with Crippen LogP contribution in [0.15, 0.2) is 24.3 Å². The minimum Gasteiger partial charge on any atom is -0.545 e. The SMILES string of the molecule is CCCCCCC/C=C\C/C=C\CCCCCCCCCCCC(=O)OC(COC(=O)CCCCCCCCCCCCCCCCCCCCCCCCCCC)COC(OCC[N+](C)(C)C)C(=O)[O-]. The molecule has 0 rings (SSSR count). The highest BCUT2D eigenvalue weighted by Gasteiger charge is 2.22. The molecule has 0 saturated heterocycles. The van der Waals surface area contributed by atoms with Gasteiger partial charge in [0.15, 0.2) is 12.4 Å². The molecule has 0 aliphatic carbocycles. The van der Waals surface area contributed by atoms with E-state index in [1.54, 1.807) is 0 Å². The summed E-state index contributed by atoms with van der Waals surface area (Å²) >= 11 is 0. The number of carbonyl (C=O) groups is 3. The molecule has 0 spiro atoms. The van der Waals surface area contributed by atoms with Gasteiger partial charge in [-0.2, -0.15) is 0 Å². The molecular formula is C62H117NO8. The lowest BCUT2D eigenvalue weighted by Gasteiger charge is -2.26. The van der Waals surface area contributed by atoms with Crippen LogP contribution in [0.5, 0.6) is 0 Å². The lowest BCUT2D eigenvalue weighted by molar-refractivity contribution is -0.870. The Morgan fingerprint density at radius 2 is 0.761 bits per heavy atom. The highest BCUT2D eigenvalue weighted by atomic mass is 16.7. The molecule has 2 unspecified atom stereocenters. The van der Waals surface area contributed by atoms with Crippen molar-refractivity contribution in [2.24, 2.45) is 0 Å². The van der Waals surface area contributed by atoms with E-state index in [-0.39, 0.29) is 32.2 Å². The first-order chi connectivity index (χ1) is 34.6. The molecule has 71 heavy (non-hydrogen) atoms. The molecule has 0 saturated carbocycles. The second kappa shape index (κ2) is 54.0. The smallest absolute Gasteiger partial charge is 0.306 e. The van der Waals surface area contributed by atoms with E-state index in [0.717, 1.165) is 51.4 Å². The van der Waals surface area contributed by atoms with E-state index in [1.165, 1.54) is 212 Å². The summed E-state index contributed by atoms with van der Waals surface area (Å²) in [7, 11) is 5.93. The largest absolute Gasteiger partial charge is 0.545 e. The number of carboxylic acids is 1. The van der Waals surface area contributed by atoms with Gasteiger partial charge in [0.05, 0.1) is 40.3 Å². The zero-order chi connectivity index (χ0) is 52.0. The third-order valence-electron chi connectivity index (χ3n) is 13.7. The van der Waals surface area contributed by atoms with Crippen LogP contribution in [0, 0.1) is 0 Å². The Labute approximate surface area is 439 Å². The Morgan fingerprint density at radius 1 is 0.423 bits per heavy atom. The van der Waals surface area contributed by atoms with Crippen molar-refractivity contribution in [1.29, 1.82) is 0 Å². The molecule has 0 aliphatic rings. The minimum absolute atomic E-state index is 0.149. The summed E-state index contributed by atoms with van der Waals surface area (Å²) in [5, 5.41) is 11.8. The number of carboxylic acid groups (broad SMARTS) is 1. The number of nitrogens with zero attached hydrogens (tertiary/aromatic N) is 1. The third kappa shape index (κ3) is 55.4. The van der Waals surface area contributed by atoms with Gasteiger partial charge < -0.3 is 33.3 Å². The third-order valence-corrected chi connectivity index (χ3v) is 13.7. The summed E-state index contributed by atoms with van der Waals surface area (Å²) in [4.78, 5) is 37.3. The Morgan fingerprint density at radius 3 is 1.11 bits per heavy atom. The number of aliphatic carboxylic acids is 1. The summed E-state index contributed by atoms with van der Waals surface area (Å²) in [6.07, 6.45) is 60.9. The number of ether oxygens (including phenoxy) is 4. The van der Waals surface area contributed by atoms with Crippen molar-refractivity contribution >= 4 is 17.9 Å². The van der Waals surface area contributed by atoms with Crippen LogP contribution in [0.2, 0.25) is 0 Å². The highest BCUT2D eigenvalue weighted by molar-refractivity contribution is 5.70. The van der Waals surface area contributed by atoms with E-state index < -0.39 is 24.3 Å². The van der Waals surface area contributed by atoms with Crippen LogP contribution < -0.4 is 5.11 Å². The molecule has 0 heterocycles. The zero-order valence-electron chi connectivity index (χ0n) is 47.6. The van der Waals surface area contributed by atoms with Gasteiger partial charge in [-0.1, -0.05) is 263 Å². The van der Waals surface area contributed by atoms with Crippen LogP contribution in [-0.2, 0) is 33.3 Å². The summed E-state index contributed by atoms with van der Waals surface area (Å²) in [6.45, 7) is 4.79. The molecule has 0 aliphatic heterocycles. The van der Waals surface area contributed by atoms with Crippen LogP contribution in [0.25, 0.3) is 0 Å². The van der Waals surface area contributed by atoms with E-state index in [2.05, 4.69) is 38.2 Å². The zero-order valence-corrected chi connectivity index (χ0v) is 47.6. The fraction of sp³-hybridized carbons (Fsp3) is 0.887. The molecule has 2 atom stereocenters. The quantitative estimate of drug-likeness (QED) is 0.0195. The Bertz CT molecular complexity index is 1210. The van der Waals surface area contributed by atoms with Gasteiger partial charge in [-0.05, 0) is 44.9 Å². The average molecular weight is 1000 g/mol. The maximum absolute atomic E-state index is 12.9. The summed E-state index contributed by atoms with van der Waals surface area (Å²) < 4.78 is 22.7. The molecule has 0 amide bonds. The molecule has 0 aromatic carbocycles. The fourth-order valence-corrected chi connectivity index (χ4v) is 8.98. The van der Waals surface area contributed by atoms with Gasteiger partial charge in [0.25, 0.3) is 0 Å². The summed E-state index contributed by atoms with van der Waals surface area (Å²) in [6, 6.07) is 0. The second-order valence-electron chi connectivity index (χ2n) is 22.0. The predicted octanol–water partition coefficient (Wildman–Crippen LogP) is 16.6. The van der Waals surface area contributed by atoms with Crippen LogP contribution in [0.1, 0.15) is 296 Å². The van der Waals surface area contributed by atoms with E-state index >= 15 is 0 Å². The van der Waals surface area contributed by atoms with Crippen molar-refractivity contribution in [3.8, 4) is 0 Å².